The van der Waals surface area contributed by atoms with Crippen molar-refractivity contribution in [2.24, 2.45) is 0 Å². The lowest BCUT2D eigenvalue weighted by atomic mass is 9.95. The number of alkyl halides is 9. The highest BCUT2D eigenvalue weighted by Gasteiger charge is 2.39. The number of nitrogens with zero attached hydrogens (tertiary/aromatic N) is 4. The van der Waals surface area contributed by atoms with Gasteiger partial charge in [0.1, 0.15) is 0 Å². The van der Waals surface area contributed by atoms with Gasteiger partial charge in [-0.25, -0.2) is 15.0 Å². The Hall–Kier alpha value is -7.28. The SMILES string of the molecule is FC(F)(F)c1ccc(-c2ccc3c4ccccc4n(-c4cc(-c5nc(-c6ccccc6)nc(-c6ccccc6)n5)ccc4-c4ccccc4C(F)(F)F)c3c2)c(C(F)(F)F)c1. The van der Waals surface area contributed by atoms with Gasteiger partial charge in [0, 0.05) is 33.0 Å². The number of hydrogen-bond acceptors (Lipinski definition) is 3. The molecule has 9 aromatic rings. The Balaban J connectivity index is 1.35. The number of rotatable bonds is 6. The van der Waals surface area contributed by atoms with E-state index in [1.165, 1.54) is 36.4 Å². The first kappa shape index (κ1) is 39.2. The van der Waals surface area contributed by atoms with Gasteiger partial charge in [-0.15, -0.1) is 0 Å². The predicted octanol–water partition coefficient (Wildman–Crippen LogP) is 14.4. The molecule has 0 saturated heterocycles. The number of hydrogen-bond donors (Lipinski definition) is 0. The monoisotopic (exact) mass is 830 g/mol. The molecule has 0 fully saturated rings. The number of aromatic nitrogens is 4. The van der Waals surface area contributed by atoms with Crippen molar-refractivity contribution >= 4 is 21.8 Å². The summed E-state index contributed by atoms with van der Waals surface area (Å²) in [6.07, 6.45) is -15.0. The summed E-state index contributed by atoms with van der Waals surface area (Å²) in [4.78, 5) is 14.4. The van der Waals surface area contributed by atoms with Crippen LogP contribution in [-0.2, 0) is 18.5 Å². The van der Waals surface area contributed by atoms with Gasteiger partial charge in [0.15, 0.2) is 17.5 Å². The van der Waals surface area contributed by atoms with Crippen molar-refractivity contribution in [1.82, 2.24) is 19.5 Å². The minimum Gasteiger partial charge on any atom is -0.309 e. The summed E-state index contributed by atoms with van der Waals surface area (Å²) in [5, 5.41) is 1.14. The van der Waals surface area contributed by atoms with E-state index in [1.807, 2.05) is 60.7 Å². The summed E-state index contributed by atoms with van der Waals surface area (Å²) in [6.45, 7) is 0. The molecule has 0 saturated carbocycles. The maximum Gasteiger partial charge on any atom is 0.417 e. The van der Waals surface area contributed by atoms with Gasteiger partial charge >= 0.3 is 18.5 Å². The van der Waals surface area contributed by atoms with Crippen LogP contribution in [0.4, 0.5) is 39.5 Å². The molecule has 2 aromatic heterocycles. The van der Waals surface area contributed by atoms with Crippen molar-refractivity contribution in [3.63, 3.8) is 0 Å². The van der Waals surface area contributed by atoms with E-state index in [1.54, 1.807) is 47.0 Å². The Labute approximate surface area is 341 Å². The van der Waals surface area contributed by atoms with Gasteiger partial charge in [-0.2, -0.15) is 39.5 Å². The minimum absolute atomic E-state index is 0.0662. The summed E-state index contributed by atoms with van der Waals surface area (Å²) in [5.74, 6) is 0.845. The summed E-state index contributed by atoms with van der Waals surface area (Å²) >= 11 is 0. The zero-order chi connectivity index (χ0) is 42.7. The smallest absolute Gasteiger partial charge is 0.309 e. The molecule has 13 heteroatoms. The molecular formula is C48H27F9N4. The Kier molecular flexibility index (Phi) is 9.49. The van der Waals surface area contributed by atoms with E-state index in [-0.39, 0.29) is 39.8 Å². The fraction of sp³-hybridized carbons (Fsp3) is 0.0625. The average molecular weight is 831 g/mol. The summed E-state index contributed by atoms with van der Waals surface area (Å²) in [5.41, 5.74) is -1.82. The van der Waals surface area contributed by atoms with E-state index in [9.17, 15) is 39.5 Å². The third-order valence-corrected chi connectivity index (χ3v) is 10.4. The molecule has 0 N–H and O–H groups in total. The van der Waals surface area contributed by atoms with Gasteiger partial charge in [-0.05, 0) is 53.1 Å². The zero-order valence-corrected chi connectivity index (χ0v) is 31.3. The van der Waals surface area contributed by atoms with E-state index < -0.39 is 40.8 Å². The standard InChI is InChI=1S/C48H27F9N4/c49-46(50,51)32-21-24-33(39(27-32)48(55,56)57)30-19-22-37-35-16-8-10-18-40(35)61(41(37)25-30)42-26-31(20-23-36(42)34-15-7-9-17-38(34)47(52,53)54)45-59-43(28-11-3-1-4-12-28)58-44(60-45)29-13-5-2-6-14-29/h1-27H. The molecular weight excluding hydrogens is 804 g/mol. The normalized spacial score (nSPS) is 12.3. The Bertz CT molecular complexity index is 3040. The third kappa shape index (κ3) is 7.36. The quantitative estimate of drug-likeness (QED) is 0.157. The van der Waals surface area contributed by atoms with Gasteiger partial charge in [0.05, 0.1) is 33.4 Å². The number of halogens is 9. The summed E-state index contributed by atoms with van der Waals surface area (Å²) in [7, 11) is 0. The molecule has 302 valence electrons. The second kappa shape index (κ2) is 14.8. The van der Waals surface area contributed by atoms with Crippen LogP contribution in [0.15, 0.2) is 164 Å². The highest BCUT2D eigenvalue weighted by atomic mass is 19.4. The van der Waals surface area contributed by atoms with Crippen molar-refractivity contribution in [2.45, 2.75) is 18.5 Å². The fourth-order valence-electron chi connectivity index (χ4n) is 7.59. The van der Waals surface area contributed by atoms with Crippen molar-refractivity contribution < 1.29 is 39.5 Å². The lowest BCUT2D eigenvalue weighted by molar-refractivity contribution is -0.143. The molecule has 0 bridgehead atoms. The third-order valence-electron chi connectivity index (χ3n) is 10.4. The maximum absolute atomic E-state index is 14.8. The van der Waals surface area contributed by atoms with Crippen LogP contribution in [0.25, 0.3) is 83.9 Å². The highest BCUT2D eigenvalue weighted by Crippen LogP contribution is 2.45. The van der Waals surface area contributed by atoms with E-state index in [0.29, 0.717) is 50.7 Å². The van der Waals surface area contributed by atoms with Crippen molar-refractivity contribution in [1.29, 1.82) is 0 Å². The molecule has 7 aromatic carbocycles. The fourth-order valence-corrected chi connectivity index (χ4v) is 7.59. The van der Waals surface area contributed by atoms with Crippen molar-refractivity contribution in [3.8, 4) is 62.1 Å². The summed E-state index contributed by atoms with van der Waals surface area (Å²) < 4.78 is 130. The molecule has 4 nitrogen and oxygen atoms in total. The van der Waals surface area contributed by atoms with Crippen LogP contribution in [-0.4, -0.2) is 19.5 Å². The van der Waals surface area contributed by atoms with Crippen LogP contribution in [0, 0.1) is 0 Å². The van der Waals surface area contributed by atoms with Gasteiger partial charge in [-0.1, -0.05) is 127 Å². The number of fused-ring (bicyclic) bond motifs is 3. The molecule has 0 aliphatic rings. The van der Waals surface area contributed by atoms with Gasteiger partial charge in [-0.3, -0.25) is 0 Å². The van der Waals surface area contributed by atoms with E-state index in [0.717, 1.165) is 12.1 Å². The first-order chi connectivity index (χ1) is 29.1. The van der Waals surface area contributed by atoms with Crippen LogP contribution >= 0.6 is 0 Å². The van der Waals surface area contributed by atoms with Gasteiger partial charge in [0.2, 0.25) is 0 Å². The van der Waals surface area contributed by atoms with Crippen LogP contribution < -0.4 is 0 Å². The number of para-hydroxylation sites is 1. The Morgan fingerprint density at radius 2 is 0.869 bits per heavy atom. The minimum atomic E-state index is -5.16. The molecule has 0 spiro atoms. The second-order valence-electron chi connectivity index (χ2n) is 14.2. The van der Waals surface area contributed by atoms with E-state index in [4.69, 9.17) is 15.0 Å². The molecule has 0 unspecified atom stereocenters. The predicted molar refractivity (Wildman–Crippen MR) is 216 cm³/mol. The molecule has 0 aliphatic heterocycles. The first-order valence-corrected chi connectivity index (χ1v) is 18.7. The Morgan fingerprint density at radius 3 is 1.49 bits per heavy atom. The lowest BCUT2D eigenvalue weighted by Gasteiger charge is -2.20. The van der Waals surface area contributed by atoms with Crippen LogP contribution in [0.3, 0.4) is 0 Å². The molecule has 61 heavy (non-hydrogen) atoms. The molecule has 9 rings (SSSR count). The lowest BCUT2D eigenvalue weighted by Crippen LogP contribution is -2.12. The average Bonchev–Trinajstić information content (AvgIpc) is 3.59. The first-order valence-electron chi connectivity index (χ1n) is 18.7. The molecule has 0 radical (unpaired) electrons. The summed E-state index contributed by atoms with van der Waals surface area (Å²) in [6, 6.07) is 40.8. The second-order valence-corrected chi connectivity index (χ2v) is 14.2. The highest BCUT2D eigenvalue weighted by molar-refractivity contribution is 6.11. The van der Waals surface area contributed by atoms with Crippen LogP contribution in [0.1, 0.15) is 16.7 Å². The zero-order valence-electron chi connectivity index (χ0n) is 31.3. The van der Waals surface area contributed by atoms with Crippen LogP contribution in [0.2, 0.25) is 0 Å². The molecule has 0 atom stereocenters. The largest absolute Gasteiger partial charge is 0.417 e. The van der Waals surface area contributed by atoms with E-state index >= 15 is 0 Å². The maximum atomic E-state index is 14.8. The van der Waals surface area contributed by atoms with E-state index in [2.05, 4.69) is 0 Å². The Morgan fingerprint density at radius 1 is 0.344 bits per heavy atom. The van der Waals surface area contributed by atoms with Crippen molar-refractivity contribution in [3.05, 3.63) is 180 Å². The van der Waals surface area contributed by atoms with Crippen LogP contribution in [0.5, 0.6) is 0 Å². The topological polar surface area (TPSA) is 43.6 Å². The molecule has 0 amide bonds. The molecule has 0 aliphatic carbocycles. The number of benzene rings is 7. The van der Waals surface area contributed by atoms with Gasteiger partial charge in [0.25, 0.3) is 0 Å². The van der Waals surface area contributed by atoms with Crippen molar-refractivity contribution in [2.75, 3.05) is 0 Å². The molecule has 2 heterocycles. The van der Waals surface area contributed by atoms with Gasteiger partial charge < -0.3 is 4.57 Å².